The first kappa shape index (κ1) is 26.5. The van der Waals surface area contributed by atoms with E-state index in [1.54, 1.807) is 0 Å². The standard InChI is InChI=1S/C27H42ClNO/c1-6-9-10-16-24(28)17-13-18-26(23-14-11-12-15-23)22(5)27(30)29-25(8-3)20-19-21(4)7-2/h9,13,17,19,23-25H,1,7-8,10-12,14-16,18,20H2,2-5H3,(H,29,30). The third-order valence-corrected chi connectivity index (χ3v) is 6.58. The third-order valence-electron chi connectivity index (χ3n) is 6.22. The van der Waals surface area contributed by atoms with Gasteiger partial charge < -0.3 is 5.32 Å². The molecule has 2 unspecified atom stereocenters. The molecule has 0 aromatic heterocycles. The number of carbonyl (C=O) groups excluding carboxylic acids is 1. The summed E-state index contributed by atoms with van der Waals surface area (Å²) in [5, 5.41) is 3.28. The SMILES string of the molecule is C=C=CCCC(Cl)C=CCC(=C(C)C(=O)NC(CC)CC=C(C)CC)C1CCCC1. The van der Waals surface area contributed by atoms with E-state index in [0.717, 1.165) is 44.1 Å². The Morgan fingerprint density at radius 2 is 1.97 bits per heavy atom. The van der Waals surface area contributed by atoms with Gasteiger partial charge in [0.05, 0.1) is 5.38 Å². The van der Waals surface area contributed by atoms with Crippen LogP contribution in [0.4, 0.5) is 0 Å². The van der Waals surface area contributed by atoms with Crippen molar-refractivity contribution in [2.75, 3.05) is 0 Å². The molecule has 0 radical (unpaired) electrons. The van der Waals surface area contributed by atoms with E-state index in [0.29, 0.717) is 5.92 Å². The fourth-order valence-corrected chi connectivity index (χ4v) is 4.17. The Morgan fingerprint density at radius 3 is 2.57 bits per heavy atom. The Morgan fingerprint density at radius 1 is 1.27 bits per heavy atom. The maximum Gasteiger partial charge on any atom is 0.247 e. The topological polar surface area (TPSA) is 29.1 Å². The fourth-order valence-electron chi connectivity index (χ4n) is 3.94. The molecule has 1 saturated carbocycles. The number of amides is 1. The normalized spacial score (nSPS) is 18.1. The molecule has 1 aliphatic rings. The Hall–Kier alpha value is -1.50. The van der Waals surface area contributed by atoms with Gasteiger partial charge in [0.2, 0.25) is 5.91 Å². The number of hydrogen-bond acceptors (Lipinski definition) is 1. The van der Waals surface area contributed by atoms with E-state index in [-0.39, 0.29) is 17.3 Å². The molecule has 3 heteroatoms. The monoisotopic (exact) mass is 431 g/mol. The highest BCUT2D eigenvalue weighted by Crippen LogP contribution is 2.35. The number of nitrogens with one attached hydrogen (secondary N) is 1. The number of allylic oxidation sites excluding steroid dienone is 5. The molecule has 1 aliphatic carbocycles. The van der Waals surface area contributed by atoms with Crippen LogP contribution < -0.4 is 5.32 Å². The lowest BCUT2D eigenvalue weighted by Gasteiger charge is -2.20. The molecule has 0 bridgehead atoms. The summed E-state index contributed by atoms with van der Waals surface area (Å²) in [7, 11) is 0. The Labute approximate surface area is 190 Å². The number of alkyl halides is 1. The summed E-state index contributed by atoms with van der Waals surface area (Å²) in [5.41, 5.74) is 6.37. The highest BCUT2D eigenvalue weighted by molar-refractivity contribution is 6.21. The Bertz CT molecular complexity index is 660. The third kappa shape index (κ3) is 10.0. The van der Waals surface area contributed by atoms with Crippen molar-refractivity contribution in [2.24, 2.45) is 5.92 Å². The zero-order valence-corrected chi connectivity index (χ0v) is 20.4. The van der Waals surface area contributed by atoms with Gasteiger partial charge in [0.15, 0.2) is 0 Å². The van der Waals surface area contributed by atoms with E-state index in [1.807, 2.05) is 13.0 Å². The molecule has 0 spiro atoms. The first-order chi connectivity index (χ1) is 14.4. The number of halogens is 1. The van der Waals surface area contributed by atoms with Gasteiger partial charge in [-0.25, -0.2) is 0 Å². The molecule has 0 aromatic rings. The van der Waals surface area contributed by atoms with E-state index >= 15 is 0 Å². The molecule has 168 valence electrons. The molecule has 1 amide bonds. The van der Waals surface area contributed by atoms with Crippen molar-refractivity contribution in [3.8, 4) is 0 Å². The quantitative estimate of drug-likeness (QED) is 0.137. The molecule has 2 nitrogen and oxygen atoms in total. The van der Waals surface area contributed by atoms with Crippen LogP contribution in [0.5, 0.6) is 0 Å². The van der Waals surface area contributed by atoms with Crippen molar-refractivity contribution < 1.29 is 4.79 Å². The first-order valence-corrected chi connectivity index (χ1v) is 12.2. The molecule has 0 saturated heterocycles. The molecule has 1 rings (SSSR count). The minimum Gasteiger partial charge on any atom is -0.349 e. The maximum absolute atomic E-state index is 13.0. The van der Waals surface area contributed by atoms with Crippen LogP contribution in [0.2, 0.25) is 0 Å². The molecule has 0 heterocycles. The summed E-state index contributed by atoms with van der Waals surface area (Å²) < 4.78 is 0. The summed E-state index contributed by atoms with van der Waals surface area (Å²) >= 11 is 6.41. The van der Waals surface area contributed by atoms with E-state index in [9.17, 15) is 4.79 Å². The lowest BCUT2D eigenvalue weighted by Crippen LogP contribution is -2.35. The summed E-state index contributed by atoms with van der Waals surface area (Å²) in [4.78, 5) is 13.0. The largest absolute Gasteiger partial charge is 0.349 e. The molecule has 1 N–H and O–H groups in total. The molecule has 30 heavy (non-hydrogen) atoms. The predicted molar refractivity (Wildman–Crippen MR) is 132 cm³/mol. The molecule has 0 aliphatic heterocycles. The van der Waals surface area contributed by atoms with Gasteiger partial charge in [-0.3, -0.25) is 4.79 Å². The van der Waals surface area contributed by atoms with Crippen LogP contribution in [0.25, 0.3) is 0 Å². The highest BCUT2D eigenvalue weighted by Gasteiger charge is 2.23. The zero-order valence-electron chi connectivity index (χ0n) is 19.6. The van der Waals surface area contributed by atoms with E-state index in [1.165, 1.54) is 36.8 Å². The van der Waals surface area contributed by atoms with Crippen molar-refractivity contribution >= 4 is 17.5 Å². The molecule has 0 aromatic carbocycles. The molecular weight excluding hydrogens is 390 g/mol. The molecule has 1 fully saturated rings. The van der Waals surface area contributed by atoms with E-state index < -0.39 is 0 Å². The van der Waals surface area contributed by atoms with Crippen LogP contribution in [-0.4, -0.2) is 17.3 Å². The average Bonchev–Trinajstić information content (AvgIpc) is 3.27. The van der Waals surface area contributed by atoms with Gasteiger partial charge in [-0.2, -0.15) is 0 Å². The summed E-state index contributed by atoms with van der Waals surface area (Å²) in [6, 6.07) is 0.194. The minimum atomic E-state index is 0.00613. The average molecular weight is 432 g/mol. The van der Waals surface area contributed by atoms with Gasteiger partial charge in [0.1, 0.15) is 0 Å². The summed E-state index contributed by atoms with van der Waals surface area (Å²) in [5.74, 6) is 0.624. The van der Waals surface area contributed by atoms with Crippen molar-refractivity contribution in [3.05, 3.63) is 53.3 Å². The van der Waals surface area contributed by atoms with E-state index in [2.05, 4.69) is 56.6 Å². The zero-order chi connectivity index (χ0) is 22.4. The highest BCUT2D eigenvalue weighted by atomic mass is 35.5. The lowest BCUT2D eigenvalue weighted by molar-refractivity contribution is -0.118. The van der Waals surface area contributed by atoms with Crippen molar-refractivity contribution in [1.29, 1.82) is 0 Å². The van der Waals surface area contributed by atoms with Crippen molar-refractivity contribution in [1.82, 2.24) is 5.32 Å². The van der Waals surface area contributed by atoms with Crippen LogP contribution in [0.3, 0.4) is 0 Å². The van der Waals surface area contributed by atoms with Crippen LogP contribution in [0, 0.1) is 5.92 Å². The first-order valence-electron chi connectivity index (χ1n) is 11.7. The van der Waals surface area contributed by atoms with Crippen LogP contribution in [-0.2, 0) is 4.79 Å². The minimum absolute atomic E-state index is 0.00613. The number of hydrogen-bond donors (Lipinski definition) is 1. The van der Waals surface area contributed by atoms with Crippen molar-refractivity contribution in [2.45, 2.75) is 103 Å². The van der Waals surface area contributed by atoms with Crippen LogP contribution >= 0.6 is 11.6 Å². The lowest BCUT2D eigenvalue weighted by atomic mass is 9.90. The second kappa shape index (κ2) is 15.3. The predicted octanol–water partition coefficient (Wildman–Crippen LogP) is 7.81. The second-order valence-electron chi connectivity index (χ2n) is 8.48. The Balaban J connectivity index is 2.84. The van der Waals surface area contributed by atoms with Gasteiger partial charge in [-0.15, -0.1) is 17.3 Å². The number of carbonyl (C=O) groups is 1. The molecular formula is C27H42ClNO. The van der Waals surface area contributed by atoms with Gasteiger partial charge in [0.25, 0.3) is 0 Å². The van der Waals surface area contributed by atoms with Gasteiger partial charge in [0, 0.05) is 11.6 Å². The Kier molecular flexibility index (Phi) is 13.6. The van der Waals surface area contributed by atoms with Crippen molar-refractivity contribution in [3.63, 3.8) is 0 Å². The smallest absolute Gasteiger partial charge is 0.247 e. The molecule has 2 atom stereocenters. The second-order valence-corrected chi connectivity index (χ2v) is 9.04. The van der Waals surface area contributed by atoms with Gasteiger partial charge in [-0.1, -0.05) is 62.6 Å². The number of rotatable bonds is 13. The fraction of sp³-hybridized carbons (Fsp3) is 0.630. The van der Waals surface area contributed by atoms with Gasteiger partial charge >= 0.3 is 0 Å². The van der Waals surface area contributed by atoms with Gasteiger partial charge in [-0.05, 0) is 77.2 Å². The maximum atomic E-state index is 13.0. The van der Waals surface area contributed by atoms with Crippen LogP contribution in [0.15, 0.2) is 53.3 Å². The summed E-state index contributed by atoms with van der Waals surface area (Å²) in [6.45, 7) is 12.1. The van der Waals surface area contributed by atoms with E-state index in [4.69, 9.17) is 11.6 Å². The van der Waals surface area contributed by atoms with Crippen LogP contribution in [0.1, 0.15) is 91.9 Å². The summed E-state index contributed by atoms with van der Waals surface area (Å²) in [6.07, 6.45) is 18.8.